The van der Waals surface area contributed by atoms with Gasteiger partial charge in [-0.15, -0.1) is 0 Å². The summed E-state index contributed by atoms with van der Waals surface area (Å²) in [7, 11) is 0. The molecule has 0 heterocycles. The highest BCUT2D eigenvalue weighted by molar-refractivity contribution is 5.98. The number of hydrogen-bond acceptors (Lipinski definition) is 2. The van der Waals surface area contributed by atoms with Gasteiger partial charge in [0, 0.05) is 6.42 Å². The van der Waals surface area contributed by atoms with E-state index in [0.717, 1.165) is 18.8 Å². The van der Waals surface area contributed by atoms with Crippen molar-refractivity contribution < 1.29 is 14.3 Å². The van der Waals surface area contributed by atoms with Gasteiger partial charge in [-0.05, 0) is 43.2 Å². The number of benzene rings is 1. The van der Waals surface area contributed by atoms with Crippen molar-refractivity contribution in [3.8, 4) is 5.75 Å². The summed E-state index contributed by atoms with van der Waals surface area (Å²) < 4.78 is 13.8. The summed E-state index contributed by atoms with van der Waals surface area (Å²) >= 11 is 0. The van der Waals surface area contributed by atoms with Crippen LogP contribution in [0.15, 0.2) is 12.1 Å². The number of hydrogen-bond donors (Lipinski definition) is 1. The van der Waals surface area contributed by atoms with Crippen LogP contribution in [0.5, 0.6) is 5.75 Å². The molecule has 1 aliphatic rings. The van der Waals surface area contributed by atoms with Crippen molar-refractivity contribution in [1.29, 1.82) is 0 Å². The van der Waals surface area contributed by atoms with Crippen molar-refractivity contribution in [3.63, 3.8) is 0 Å². The summed E-state index contributed by atoms with van der Waals surface area (Å²) in [6.45, 7) is 3.83. The minimum absolute atomic E-state index is 0.126. The van der Waals surface area contributed by atoms with Gasteiger partial charge in [0.1, 0.15) is 0 Å². The van der Waals surface area contributed by atoms with Crippen molar-refractivity contribution in [2.24, 2.45) is 11.8 Å². The van der Waals surface area contributed by atoms with Gasteiger partial charge in [-0.3, -0.25) is 4.79 Å². The number of carbonyl (C=O) groups is 1. The summed E-state index contributed by atoms with van der Waals surface area (Å²) in [4.78, 5) is 12.4. The lowest BCUT2D eigenvalue weighted by Crippen LogP contribution is -2.18. The minimum atomic E-state index is -0.669. The predicted octanol–water partition coefficient (Wildman–Crippen LogP) is 6.58. The lowest BCUT2D eigenvalue weighted by Gasteiger charge is -2.28. The average Bonchev–Trinajstić information content (AvgIpc) is 2.61. The van der Waals surface area contributed by atoms with Gasteiger partial charge in [-0.25, -0.2) is 4.39 Å². The molecule has 2 nitrogen and oxygen atoms in total. The normalized spacial score (nSPS) is 20.6. The maximum absolute atomic E-state index is 13.8. The Labute approximate surface area is 151 Å². The van der Waals surface area contributed by atoms with Crippen molar-refractivity contribution in [2.45, 2.75) is 84.5 Å². The van der Waals surface area contributed by atoms with E-state index in [1.54, 1.807) is 19.1 Å². The Balaban J connectivity index is 1.74. The van der Waals surface area contributed by atoms with Crippen LogP contribution in [0.3, 0.4) is 0 Å². The van der Waals surface area contributed by atoms with Crippen molar-refractivity contribution in [3.05, 3.63) is 29.1 Å². The number of ketones is 1. The molecule has 0 spiro atoms. The van der Waals surface area contributed by atoms with Gasteiger partial charge >= 0.3 is 0 Å². The fourth-order valence-electron chi connectivity index (χ4n) is 4.02. The topological polar surface area (TPSA) is 37.3 Å². The third-order valence-electron chi connectivity index (χ3n) is 5.77. The van der Waals surface area contributed by atoms with Gasteiger partial charge in [0.25, 0.3) is 0 Å². The Kier molecular flexibility index (Phi) is 7.92. The second-order valence-electron chi connectivity index (χ2n) is 7.81. The highest BCUT2D eigenvalue weighted by atomic mass is 19.1. The molecule has 1 aromatic carbocycles. The number of unbranched alkanes of at least 4 members (excludes halogenated alkanes) is 4. The quantitative estimate of drug-likeness (QED) is 0.404. The zero-order valence-electron chi connectivity index (χ0n) is 15.8. The van der Waals surface area contributed by atoms with E-state index in [-0.39, 0.29) is 11.3 Å². The molecule has 1 aliphatic carbocycles. The molecule has 0 unspecified atom stereocenters. The summed E-state index contributed by atoms with van der Waals surface area (Å²) in [6.07, 6.45) is 13.0. The van der Waals surface area contributed by atoms with E-state index in [2.05, 4.69) is 6.92 Å². The number of halogens is 1. The highest BCUT2D eigenvalue weighted by Crippen LogP contribution is 2.35. The van der Waals surface area contributed by atoms with E-state index in [1.807, 2.05) is 0 Å². The molecule has 1 aromatic rings. The summed E-state index contributed by atoms with van der Waals surface area (Å²) in [6, 6.07) is 3.12. The molecule has 0 aromatic heterocycles. The average molecular weight is 349 g/mol. The number of rotatable bonds is 9. The largest absolute Gasteiger partial charge is 0.504 e. The standard InChI is InChI=1S/C22H33FO2/c1-3-4-5-6-7-8-17-10-12-18(13-11-17)15-20(24)19-14-9-16(2)21(23)22(19)25/h9,14,17-18,25H,3-8,10-13,15H2,1-2H3. The molecule has 1 fully saturated rings. The fourth-order valence-corrected chi connectivity index (χ4v) is 4.02. The van der Waals surface area contributed by atoms with Crippen LogP contribution in [0.4, 0.5) is 4.39 Å². The van der Waals surface area contributed by atoms with Crippen LogP contribution in [0.1, 0.15) is 93.5 Å². The van der Waals surface area contributed by atoms with E-state index in [1.165, 1.54) is 51.4 Å². The molecule has 2 rings (SSSR count). The number of aryl methyl sites for hydroxylation is 1. The molecule has 0 bridgehead atoms. The smallest absolute Gasteiger partial charge is 0.168 e. The van der Waals surface area contributed by atoms with Crippen LogP contribution in [-0.2, 0) is 0 Å². The number of Topliss-reactive ketones (excluding diaryl/α,β-unsaturated/α-hetero) is 1. The Morgan fingerprint density at radius 1 is 1.08 bits per heavy atom. The van der Waals surface area contributed by atoms with E-state index in [4.69, 9.17) is 0 Å². The Bertz CT molecular complexity index is 559. The van der Waals surface area contributed by atoms with Gasteiger partial charge in [-0.1, -0.05) is 64.4 Å². The fraction of sp³-hybridized carbons (Fsp3) is 0.682. The van der Waals surface area contributed by atoms with E-state index >= 15 is 0 Å². The molecule has 0 saturated heterocycles. The molecule has 0 amide bonds. The number of phenols is 1. The number of aromatic hydroxyl groups is 1. The van der Waals surface area contributed by atoms with Gasteiger partial charge in [0.2, 0.25) is 0 Å². The lowest BCUT2D eigenvalue weighted by atomic mass is 9.77. The summed E-state index contributed by atoms with van der Waals surface area (Å²) in [5, 5.41) is 9.88. The molecule has 0 radical (unpaired) electrons. The first-order valence-electron chi connectivity index (χ1n) is 10.0. The SMILES string of the molecule is CCCCCCCC1CCC(CC(=O)c2ccc(C)c(F)c2O)CC1. The summed E-state index contributed by atoms with van der Waals surface area (Å²) in [5.41, 5.74) is 0.509. The van der Waals surface area contributed by atoms with E-state index < -0.39 is 11.6 Å². The van der Waals surface area contributed by atoms with Crippen LogP contribution in [0.2, 0.25) is 0 Å². The Morgan fingerprint density at radius 3 is 2.40 bits per heavy atom. The predicted molar refractivity (Wildman–Crippen MR) is 101 cm³/mol. The van der Waals surface area contributed by atoms with Gasteiger partial charge in [0.05, 0.1) is 5.56 Å². The summed E-state index contributed by atoms with van der Waals surface area (Å²) in [5.74, 6) is -0.0754. The molecule has 3 heteroatoms. The van der Waals surface area contributed by atoms with Crippen LogP contribution in [-0.4, -0.2) is 10.9 Å². The zero-order valence-corrected chi connectivity index (χ0v) is 15.8. The van der Waals surface area contributed by atoms with Gasteiger partial charge in [0.15, 0.2) is 17.3 Å². The molecular formula is C22H33FO2. The lowest BCUT2D eigenvalue weighted by molar-refractivity contribution is 0.0938. The minimum Gasteiger partial charge on any atom is -0.504 e. The maximum atomic E-state index is 13.8. The Morgan fingerprint density at radius 2 is 1.72 bits per heavy atom. The highest BCUT2D eigenvalue weighted by Gasteiger charge is 2.25. The third kappa shape index (κ3) is 5.83. The second-order valence-corrected chi connectivity index (χ2v) is 7.81. The molecule has 140 valence electrons. The first kappa shape index (κ1) is 19.9. The second kappa shape index (κ2) is 9.94. The van der Waals surface area contributed by atoms with Crippen LogP contribution < -0.4 is 0 Å². The first-order chi connectivity index (χ1) is 12.0. The zero-order chi connectivity index (χ0) is 18.2. The molecular weight excluding hydrogens is 315 g/mol. The molecule has 0 atom stereocenters. The molecule has 25 heavy (non-hydrogen) atoms. The molecule has 0 aliphatic heterocycles. The van der Waals surface area contributed by atoms with Gasteiger partial charge < -0.3 is 5.11 Å². The maximum Gasteiger partial charge on any atom is 0.168 e. The van der Waals surface area contributed by atoms with E-state index in [0.29, 0.717) is 17.9 Å². The van der Waals surface area contributed by atoms with Crippen molar-refractivity contribution in [1.82, 2.24) is 0 Å². The van der Waals surface area contributed by atoms with Crippen molar-refractivity contribution >= 4 is 5.78 Å². The Hall–Kier alpha value is -1.38. The third-order valence-corrected chi connectivity index (χ3v) is 5.77. The first-order valence-corrected chi connectivity index (χ1v) is 10.0. The van der Waals surface area contributed by atoms with Crippen LogP contribution in [0.25, 0.3) is 0 Å². The van der Waals surface area contributed by atoms with Crippen LogP contribution >= 0.6 is 0 Å². The number of carbonyl (C=O) groups excluding carboxylic acids is 1. The molecule has 1 N–H and O–H groups in total. The monoisotopic (exact) mass is 348 g/mol. The number of phenolic OH excluding ortho intramolecular Hbond substituents is 1. The van der Waals surface area contributed by atoms with E-state index in [9.17, 15) is 14.3 Å². The van der Waals surface area contributed by atoms with Crippen molar-refractivity contribution in [2.75, 3.05) is 0 Å². The molecule has 1 saturated carbocycles. The van der Waals surface area contributed by atoms with Crippen LogP contribution in [0, 0.1) is 24.6 Å². The van der Waals surface area contributed by atoms with Gasteiger partial charge in [-0.2, -0.15) is 0 Å².